The lowest BCUT2D eigenvalue weighted by Crippen LogP contribution is -2.57. The van der Waals surface area contributed by atoms with Crippen molar-refractivity contribution in [1.82, 2.24) is 5.32 Å². The fraction of sp³-hybridized carbons (Fsp3) is 0.333. The third-order valence-corrected chi connectivity index (χ3v) is 2.26. The number of benzene rings is 1. The highest BCUT2D eigenvalue weighted by molar-refractivity contribution is 5.85. The fourth-order valence-corrected chi connectivity index (χ4v) is 1.48. The van der Waals surface area contributed by atoms with Gasteiger partial charge in [0.2, 0.25) is 0 Å². The van der Waals surface area contributed by atoms with Crippen molar-refractivity contribution in [1.29, 1.82) is 0 Å². The molecule has 14 heavy (non-hydrogen) atoms. The van der Waals surface area contributed by atoms with E-state index in [1.165, 1.54) is 6.07 Å². The molecule has 0 bridgehead atoms. The van der Waals surface area contributed by atoms with Crippen molar-refractivity contribution in [3.63, 3.8) is 0 Å². The van der Waals surface area contributed by atoms with Crippen LogP contribution in [0.5, 0.6) is 0 Å². The van der Waals surface area contributed by atoms with Crippen molar-refractivity contribution in [3.05, 3.63) is 35.4 Å². The zero-order chi connectivity index (χ0) is 9.47. The molecule has 0 amide bonds. The Hall–Kier alpha value is -0.710. The van der Waals surface area contributed by atoms with Gasteiger partial charge in [0.05, 0.1) is 5.56 Å². The molecule has 2 nitrogen and oxygen atoms in total. The summed E-state index contributed by atoms with van der Waals surface area (Å²) in [6.07, 6.45) is 0. The molecular formula is C9H10ClF2NO. The normalized spacial score (nSPS) is 18.2. The van der Waals surface area contributed by atoms with E-state index in [-0.39, 0.29) is 31.1 Å². The predicted octanol–water partition coefficient (Wildman–Crippen LogP) is 1.18. The number of β-amino-alcohol motifs (C(OH)–C–C–N with tert-alkyl or cyclic N) is 1. The SMILES string of the molecule is Cl.OC1(c2c(F)cccc2F)CNC1. The number of nitrogens with one attached hydrogen (secondary N) is 1. The Morgan fingerprint density at radius 3 is 2.07 bits per heavy atom. The molecular weight excluding hydrogens is 212 g/mol. The highest BCUT2D eigenvalue weighted by Crippen LogP contribution is 2.29. The van der Waals surface area contributed by atoms with Gasteiger partial charge in [0.25, 0.3) is 0 Å². The minimum absolute atomic E-state index is 0. The van der Waals surface area contributed by atoms with Crippen LogP contribution in [0.3, 0.4) is 0 Å². The first-order chi connectivity index (χ1) is 6.13. The molecule has 1 fully saturated rings. The number of rotatable bonds is 1. The van der Waals surface area contributed by atoms with Crippen LogP contribution >= 0.6 is 12.4 Å². The summed E-state index contributed by atoms with van der Waals surface area (Å²) in [4.78, 5) is 0. The van der Waals surface area contributed by atoms with E-state index in [2.05, 4.69) is 5.32 Å². The van der Waals surface area contributed by atoms with Gasteiger partial charge in [-0.2, -0.15) is 0 Å². The molecule has 0 aromatic heterocycles. The quantitative estimate of drug-likeness (QED) is 0.747. The summed E-state index contributed by atoms with van der Waals surface area (Å²) in [6.45, 7) is 0.399. The van der Waals surface area contributed by atoms with E-state index in [0.29, 0.717) is 0 Å². The Morgan fingerprint density at radius 2 is 1.71 bits per heavy atom. The van der Waals surface area contributed by atoms with Crippen LogP contribution in [0.15, 0.2) is 18.2 Å². The maximum Gasteiger partial charge on any atom is 0.132 e. The molecule has 0 saturated carbocycles. The average Bonchev–Trinajstić information content (AvgIpc) is 2.01. The lowest BCUT2D eigenvalue weighted by atomic mass is 9.87. The lowest BCUT2D eigenvalue weighted by Gasteiger charge is -2.38. The number of hydrogen-bond acceptors (Lipinski definition) is 2. The zero-order valence-electron chi connectivity index (χ0n) is 7.26. The Balaban J connectivity index is 0.000000980. The van der Waals surface area contributed by atoms with Crippen LogP contribution < -0.4 is 5.32 Å². The molecule has 1 saturated heterocycles. The van der Waals surface area contributed by atoms with Crippen molar-refractivity contribution in [2.75, 3.05) is 13.1 Å². The second-order valence-corrected chi connectivity index (χ2v) is 3.23. The van der Waals surface area contributed by atoms with E-state index in [1.807, 2.05) is 0 Å². The van der Waals surface area contributed by atoms with Crippen molar-refractivity contribution in [2.24, 2.45) is 0 Å². The van der Waals surface area contributed by atoms with Crippen LogP contribution in [-0.2, 0) is 5.60 Å². The summed E-state index contributed by atoms with van der Waals surface area (Å²) in [5, 5.41) is 12.5. The summed E-state index contributed by atoms with van der Waals surface area (Å²) in [5.41, 5.74) is -1.59. The van der Waals surface area contributed by atoms with Gasteiger partial charge in [-0.3, -0.25) is 0 Å². The van der Waals surface area contributed by atoms with Crippen LogP contribution in [0.4, 0.5) is 8.78 Å². The Morgan fingerprint density at radius 1 is 1.21 bits per heavy atom. The first kappa shape index (κ1) is 11.4. The molecule has 1 aliphatic heterocycles. The first-order valence-corrected chi connectivity index (χ1v) is 4.01. The fourth-order valence-electron chi connectivity index (χ4n) is 1.48. The highest BCUT2D eigenvalue weighted by atomic mass is 35.5. The molecule has 78 valence electrons. The van der Waals surface area contributed by atoms with Crippen molar-refractivity contribution in [2.45, 2.75) is 5.60 Å². The third-order valence-electron chi connectivity index (χ3n) is 2.26. The monoisotopic (exact) mass is 221 g/mol. The van der Waals surface area contributed by atoms with Gasteiger partial charge in [0.15, 0.2) is 0 Å². The summed E-state index contributed by atoms with van der Waals surface area (Å²) in [6, 6.07) is 3.58. The average molecular weight is 222 g/mol. The van der Waals surface area contributed by atoms with Crippen molar-refractivity contribution >= 4 is 12.4 Å². The number of aliphatic hydroxyl groups is 1. The molecule has 2 rings (SSSR count). The molecule has 2 N–H and O–H groups in total. The maximum atomic E-state index is 13.1. The Labute approximate surface area is 86.3 Å². The zero-order valence-corrected chi connectivity index (χ0v) is 8.07. The largest absolute Gasteiger partial charge is 0.382 e. The highest BCUT2D eigenvalue weighted by Gasteiger charge is 2.40. The summed E-state index contributed by atoms with van der Waals surface area (Å²) < 4.78 is 26.3. The molecule has 1 heterocycles. The number of halogens is 3. The van der Waals surface area contributed by atoms with E-state index in [9.17, 15) is 13.9 Å². The van der Waals surface area contributed by atoms with Gasteiger partial charge >= 0.3 is 0 Å². The molecule has 0 aliphatic carbocycles. The van der Waals surface area contributed by atoms with E-state index in [0.717, 1.165) is 12.1 Å². The Kier molecular flexibility index (Phi) is 3.09. The van der Waals surface area contributed by atoms with Crippen molar-refractivity contribution < 1.29 is 13.9 Å². The van der Waals surface area contributed by atoms with E-state index >= 15 is 0 Å². The molecule has 1 aromatic carbocycles. The molecule has 1 aromatic rings. The molecule has 0 spiro atoms. The van der Waals surface area contributed by atoms with Gasteiger partial charge in [-0.05, 0) is 12.1 Å². The van der Waals surface area contributed by atoms with Gasteiger partial charge < -0.3 is 10.4 Å². The lowest BCUT2D eigenvalue weighted by molar-refractivity contribution is -0.0208. The summed E-state index contributed by atoms with van der Waals surface area (Å²) >= 11 is 0. The predicted molar refractivity (Wildman–Crippen MR) is 50.4 cm³/mol. The van der Waals surface area contributed by atoms with Gasteiger partial charge in [0.1, 0.15) is 17.2 Å². The van der Waals surface area contributed by atoms with Crippen LogP contribution in [0.25, 0.3) is 0 Å². The van der Waals surface area contributed by atoms with Gasteiger partial charge in [-0.1, -0.05) is 6.07 Å². The summed E-state index contributed by atoms with van der Waals surface area (Å²) in [5.74, 6) is -1.38. The van der Waals surface area contributed by atoms with Crippen LogP contribution in [-0.4, -0.2) is 18.2 Å². The second-order valence-electron chi connectivity index (χ2n) is 3.23. The molecule has 5 heteroatoms. The maximum absolute atomic E-state index is 13.1. The molecule has 0 unspecified atom stereocenters. The molecule has 1 aliphatic rings. The summed E-state index contributed by atoms with van der Waals surface area (Å²) in [7, 11) is 0. The smallest absolute Gasteiger partial charge is 0.132 e. The first-order valence-electron chi connectivity index (χ1n) is 4.01. The minimum Gasteiger partial charge on any atom is -0.382 e. The second kappa shape index (κ2) is 3.81. The number of hydrogen-bond donors (Lipinski definition) is 2. The molecule has 0 atom stereocenters. The van der Waals surface area contributed by atoms with E-state index in [4.69, 9.17) is 0 Å². The topological polar surface area (TPSA) is 32.3 Å². The van der Waals surface area contributed by atoms with Gasteiger partial charge in [-0.15, -0.1) is 12.4 Å². The van der Waals surface area contributed by atoms with E-state index in [1.54, 1.807) is 0 Å². The van der Waals surface area contributed by atoms with Crippen molar-refractivity contribution in [3.8, 4) is 0 Å². The molecule has 0 radical (unpaired) electrons. The minimum atomic E-state index is -1.37. The van der Waals surface area contributed by atoms with Crippen LogP contribution in [0.1, 0.15) is 5.56 Å². The standard InChI is InChI=1S/C9H9F2NO.ClH/c10-6-2-1-3-7(11)8(6)9(13)4-12-5-9;/h1-3,12-13H,4-5H2;1H. The van der Waals surface area contributed by atoms with Crippen LogP contribution in [0.2, 0.25) is 0 Å². The van der Waals surface area contributed by atoms with E-state index < -0.39 is 17.2 Å². The van der Waals surface area contributed by atoms with Crippen LogP contribution in [0, 0.1) is 11.6 Å². The third kappa shape index (κ3) is 1.61. The van der Waals surface area contributed by atoms with Gasteiger partial charge in [-0.25, -0.2) is 8.78 Å². The van der Waals surface area contributed by atoms with Gasteiger partial charge in [0, 0.05) is 13.1 Å². The Bertz CT molecular complexity index is 321.